The maximum atomic E-state index is 12.8. The molecule has 0 saturated carbocycles. The molecule has 0 spiro atoms. The average molecular weight is 297 g/mol. The fourth-order valence-corrected chi connectivity index (χ4v) is 4.45. The van der Waals surface area contributed by atoms with Crippen LogP contribution in [0.1, 0.15) is 19.4 Å². The van der Waals surface area contributed by atoms with Crippen LogP contribution in [-0.2, 0) is 10.0 Å². The fourth-order valence-electron chi connectivity index (χ4n) is 2.59. The zero-order chi connectivity index (χ0) is 15.1. The number of hydrogen-bond acceptors (Lipinski definition) is 4. The van der Waals surface area contributed by atoms with Crippen molar-refractivity contribution in [3.63, 3.8) is 0 Å². The summed E-state index contributed by atoms with van der Waals surface area (Å²) in [7, 11) is -1.45. The third-order valence-electron chi connectivity index (χ3n) is 4.16. The highest BCUT2D eigenvalue weighted by Crippen LogP contribution is 2.25. The molecule has 0 aliphatic carbocycles. The first-order valence-corrected chi connectivity index (χ1v) is 8.25. The third-order valence-corrected chi connectivity index (χ3v) is 6.13. The predicted octanol–water partition coefficient (Wildman–Crippen LogP) is 1.29. The summed E-state index contributed by atoms with van der Waals surface area (Å²) in [6.07, 6.45) is 0. The van der Waals surface area contributed by atoms with Crippen molar-refractivity contribution in [2.24, 2.45) is 0 Å². The zero-order valence-electron chi connectivity index (χ0n) is 12.5. The largest absolute Gasteiger partial charge is 0.399 e. The molecule has 20 heavy (non-hydrogen) atoms. The van der Waals surface area contributed by atoms with Crippen LogP contribution >= 0.6 is 0 Å². The number of benzene rings is 1. The Bertz CT molecular complexity index is 588. The lowest BCUT2D eigenvalue weighted by atomic mass is 10.1. The molecule has 0 aromatic heterocycles. The Kier molecular flexibility index (Phi) is 4.09. The van der Waals surface area contributed by atoms with Gasteiger partial charge in [-0.2, -0.15) is 4.31 Å². The highest BCUT2D eigenvalue weighted by Gasteiger charge is 2.35. The molecule has 1 heterocycles. The Balaban J connectivity index is 2.38. The number of rotatable bonds is 2. The predicted molar refractivity (Wildman–Crippen MR) is 81.0 cm³/mol. The Morgan fingerprint density at radius 1 is 1.20 bits per heavy atom. The summed E-state index contributed by atoms with van der Waals surface area (Å²) >= 11 is 0. The van der Waals surface area contributed by atoms with Crippen LogP contribution in [0.2, 0.25) is 0 Å². The van der Waals surface area contributed by atoms with Gasteiger partial charge in [0.1, 0.15) is 0 Å². The van der Waals surface area contributed by atoms with Gasteiger partial charge in [-0.05, 0) is 45.5 Å². The van der Waals surface area contributed by atoms with Gasteiger partial charge in [0.25, 0.3) is 0 Å². The lowest BCUT2D eigenvalue weighted by Gasteiger charge is -2.41. The molecule has 0 radical (unpaired) electrons. The Hall–Kier alpha value is -1.11. The van der Waals surface area contributed by atoms with Crippen LogP contribution in [0.3, 0.4) is 0 Å². The van der Waals surface area contributed by atoms with Gasteiger partial charge >= 0.3 is 0 Å². The second-order valence-electron chi connectivity index (χ2n) is 5.71. The summed E-state index contributed by atoms with van der Waals surface area (Å²) in [4.78, 5) is 2.53. The summed E-state index contributed by atoms with van der Waals surface area (Å²) in [5.74, 6) is 0. The second kappa shape index (κ2) is 5.35. The maximum absolute atomic E-state index is 12.8. The van der Waals surface area contributed by atoms with E-state index in [0.29, 0.717) is 23.7 Å². The van der Waals surface area contributed by atoms with E-state index >= 15 is 0 Å². The minimum Gasteiger partial charge on any atom is -0.399 e. The molecule has 6 heteroatoms. The van der Waals surface area contributed by atoms with Crippen molar-refractivity contribution in [2.45, 2.75) is 37.8 Å². The molecule has 2 unspecified atom stereocenters. The zero-order valence-corrected chi connectivity index (χ0v) is 13.3. The van der Waals surface area contributed by atoms with Gasteiger partial charge < -0.3 is 5.73 Å². The van der Waals surface area contributed by atoms with Crippen LogP contribution in [0.25, 0.3) is 0 Å². The van der Waals surface area contributed by atoms with E-state index in [0.717, 1.165) is 5.56 Å². The van der Waals surface area contributed by atoms with E-state index in [1.54, 1.807) is 29.4 Å². The van der Waals surface area contributed by atoms with Crippen molar-refractivity contribution in [1.82, 2.24) is 9.21 Å². The smallest absolute Gasteiger partial charge is 0.243 e. The van der Waals surface area contributed by atoms with Crippen LogP contribution in [0, 0.1) is 6.92 Å². The molecule has 0 bridgehead atoms. The topological polar surface area (TPSA) is 66.6 Å². The summed E-state index contributed by atoms with van der Waals surface area (Å²) in [5.41, 5.74) is 6.95. The molecule has 2 N–H and O–H groups in total. The SMILES string of the molecule is Cc1ccc(N)cc1S(=O)(=O)N1CC(C)N(C)C(C)C1. The van der Waals surface area contributed by atoms with E-state index < -0.39 is 10.0 Å². The van der Waals surface area contributed by atoms with Crippen molar-refractivity contribution >= 4 is 15.7 Å². The summed E-state index contributed by atoms with van der Waals surface area (Å²) < 4.78 is 27.2. The van der Waals surface area contributed by atoms with Crippen molar-refractivity contribution in [1.29, 1.82) is 0 Å². The van der Waals surface area contributed by atoms with Gasteiger partial charge in [0.2, 0.25) is 10.0 Å². The molecular formula is C14H23N3O2S. The van der Waals surface area contributed by atoms with Crippen molar-refractivity contribution in [2.75, 3.05) is 25.9 Å². The molecule has 5 nitrogen and oxygen atoms in total. The number of nitrogen functional groups attached to an aromatic ring is 1. The van der Waals surface area contributed by atoms with Crippen molar-refractivity contribution in [3.05, 3.63) is 23.8 Å². The molecule has 1 fully saturated rings. The van der Waals surface area contributed by atoms with Gasteiger partial charge in [-0.1, -0.05) is 6.07 Å². The van der Waals surface area contributed by atoms with E-state index in [4.69, 9.17) is 5.73 Å². The van der Waals surface area contributed by atoms with Gasteiger partial charge in [-0.3, -0.25) is 4.90 Å². The van der Waals surface area contributed by atoms with E-state index in [1.807, 2.05) is 20.9 Å². The monoisotopic (exact) mass is 297 g/mol. The summed E-state index contributed by atoms with van der Waals surface area (Å²) in [5, 5.41) is 0. The summed E-state index contributed by atoms with van der Waals surface area (Å²) in [6, 6.07) is 5.44. The first-order chi connectivity index (χ1) is 9.23. The first kappa shape index (κ1) is 15.3. The lowest BCUT2D eigenvalue weighted by Crippen LogP contribution is -2.56. The van der Waals surface area contributed by atoms with Crippen LogP contribution in [0.5, 0.6) is 0 Å². The first-order valence-electron chi connectivity index (χ1n) is 6.81. The normalized spacial score (nSPS) is 25.8. The third kappa shape index (κ3) is 2.68. The average Bonchev–Trinajstić information content (AvgIpc) is 2.38. The van der Waals surface area contributed by atoms with Gasteiger partial charge in [0, 0.05) is 30.9 Å². The van der Waals surface area contributed by atoms with E-state index in [2.05, 4.69) is 4.90 Å². The molecule has 112 valence electrons. The Labute approximate surface area is 121 Å². The fraction of sp³-hybridized carbons (Fsp3) is 0.571. The van der Waals surface area contributed by atoms with E-state index in [9.17, 15) is 8.42 Å². The molecule has 1 aliphatic rings. The van der Waals surface area contributed by atoms with Crippen molar-refractivity contribution in [3.8, 4) is 0 Å². The molecular weight excluding hydrogens is 274 g/mol. The lowest BCUT2D eigenvalue weighted by molar-refractivity contribution is 0.105. The molecule has 1 aromatic carbocycles. The number of aryl methyl sites for hydroxylation is 1. The Morgan fingerprint density at radius 3 is 2.30 bits per heavy atom. The minimum absolute atomic E-state index is 0.204. The summed E-state index contributed by atoms with van der Waals surface area (Å²) in [6.45, 7) is 6.92. The van der Waals surface area contributed by atoms with E-state index in [1.165, 1.54) is 0 Å². The standard InChI is InChI=1S/C14H23N3O2S/c1-10-5-6-13(15)7-14(10)20(18,19)17-8-11(2)16(4)12(3)9-17/h5-7,11-12H,8-9,15H2,1-4H3. The second-order valence-corrected chi connectivity index (χ2v) is 7.62. The molecule has 2 rings (SSSR count). The van der Waals surface area contributed by atoms with Crippen LogP contribution in [0.4, 0.5) is 5.69 Å². The maximum Gasteiger partial charge on any atom is 0.243 e. The van der Waals surface area contributed by atoms with Gasteiger partial charge in [-0.15, -0.1) is 0 Å². The number of hydrogen-bond donors (Lipinski definition) is 1. The highest BCUT2D eigenvalue weighted by molar-refractivity contribution is 7.89. The molecule has 2 atom stereocenters. The number of anilines is 1. The van der Waals surface area contributed by atoms with Crippen LogP contribution < -0.4 is 5.73 Å². The molecule has 1 aromatic rings. The molecule has 1 saturated heterocycles. The number of sulfonamides is 1. The number of nitrogens with zero attached hydrogens (tertiary/aromatic N) is 2. The van der Waals surface area contributed by atoms with E-state index in [-0.39, 0.29) is 12.1 Å². The molecule has 0 amide bonds. The number of likely N-dealkylation sites (N-methyl/N-ethyl adjacent to an activating group) is 1. The van der Waals surface area contributed by atoms with Gasteiger partial charge in [0.05, 0.1) is 4.90 Å². The van der Waals surface area contributed by atoms with Crippen LogP contribution in [-0.4, -0.2) is 49.8 Å². The Morgan fingerprint density at radius 2 is 1.75 bits per heavy atom. The van der Waals surface area contributed by atoms with Gasteiger partial charge in [-0.25, -0.2) is 8.42 Å². The minimum atomic E-state index is -3.48. The quantitative estimate of drug-likeness (QED) is 0.835. The molecule has 1 aliphatic heterocycles. The van der Waals surface area contributed by atoms with Gasteiger partial charge in [0.15, 0.2) is 0 Å². The number of piperazine rings is 1. The van der Waals surface area contributed by atoms with Crippen molar-refractivity contribution < 1.29 is 8.42 Å². The number of nitrogens with two attached hydrogens (primary N) is 1. The highest BCUT2D eigenvalue weighted by atomic mass is 32.2. The van der Waals surface area contributed by atoms with Crippen LogP contribution in [0.15, 0.2) is 23.1 Å².